The zero-order valence-corrected chi connectivity index (χ0v) is 16.0. The largest absolute Gasteiger partial charge is 0.483 e. The molecule has 0 fully saturated rings. The van der Waals surface area contributed by atoms with Gasteiger partial charge in [0, 0.05) is 37.9 Å². The molecule has 0 aliphatic carbocycles. The van der Waals surface area contributed by atoms with E-state index in [2.05, 4.69) is 32.5 Å². The summed E-state index contributed by atoms with van der Waals surface area (Å²) in [6.45, 7) is 2.24. The number of rotatable bonds is 8. The second-order valence-electron chi connectivity index (χ2n) is 7.14. The number of carbonyl (C=O) groups is 1. The number of aromatic nitrogens is 2. The fraction of sp³-hybridized carbons (Fsp3) is 0.273. The van der Waals surface area contributed by atoms with E-state index >= 15 is 0 Å². The molecule has 3 N–H and O–H groups in total. The minimum Gasteiger partial charge on any atom is -0.483 e. The van der Waals surface area contributed by atoms with Crippen molar-refractivity contribution in [2.45, 2.75) is 19.2 Å². The average Bonchev–Trinajstić information content (AvgIpc) is 3.40. The molecule has 7 heteroatoms. The van der Waals surface area contributed by atoms with Crippen LogP contribution < -0.4 is 10.1 Å². The third-order valence-corrected chi connectivity index (χ3v) is 4.93. The van der Waals surface area contributed by atoms with Crippen LogP contribution in [-0.2, 0) is 17.9 Å². The van der Waals surface area contributed by atoms with Gasteiger partial charge >= 0.3 is 0 Å². The number of ether oxygens (including phenoxy) is 1. The van der Waals surface area contributed by atoms with Gasteiger partial charge in [-0.05, 0) is 29.3 Å². The number of aromatic amines is 1. The van der Waals surface area contributed by atoms with Crippen LogP contribution in [0.2, 0.25) is 0 Å². The number of amides is 1. The van der Waals surface area contributed by atoms with E-state index in [0.717, 1.165) is 24.3 Å². The molecule has 150 valence electrons. The van der Waals surface area contributed by atoms with Gasteiger partial charge < -0.3 is 15.2 Å². The molecule has 29 heavy (non-hydrogen) atoms. The van der Waals surface area contributed by atoms with Gasteiger partial charge in [0.25, 0.3) is 5.91 Å². The van der Waals surface area contributed by atoms with Gasteiger partial charge in [-0.15, -0.1) is 0 Å². The Morgan fingerprint density at radius 2 is 1.86 bits per heavy atom. The number of H-pyrrole nitrogens is 1. The van der Waals surface area contributed by atoms with Gasteiger partial charge in [-0.2, -0.15) is 5.10 Å². The number of β-amino-alcohol motifs (C(OH)–C–C–N with tert-alkyl or cyclic N) is 1. The monoisotopic (exact) mass is 392 g/mol. The summed E-state index contributed by atoms with van der Waals surface area (Å²) in [6.07, 6.45) is 1.10. The molecule has 1 atom stereocenters. The number of fused-ring (bicyclic) bond motifs is 1. The van der Waals surface area contributed by atoms with Crippen molar-refractivity contribution in [3.05, 3.63) is 71.9 Å². The van der Waals surface area contributed by atoms with E-state index in [4.69, 9.17) is 4.74 Å². The second kappa shape index (κ2) is 8.89. The number of hydrogen-bond donors (Lipinski definition) is 3. The highest BCUT2D eigenvalue weighted by atomic mass is 16.5. The van der Waals surface area contributed by atoms with E-state index in [1.54, 1.807) is 12.3 Å². The number of nitrogens with one attached hydrogen (secondary N) is 2. The van der Waals surface area contributed by atoms with E-state index in [1.165, 1.54) is 11.1 Å². The first-order valence-corrected chi connectivity index (χ1v) is 9.65. The van der Waals surface area contributed by atoms with Gasteiger partial charge in [0.15, 0.2) is 6.61 Å². The maximum atomic E-state index is 12.2. The van der Waals surface area contributed by atoms with Crippen molar-refractivity contribution >= 4 is 5.91 Å². The molecule has 1 aliphatic rings. The van der Waals surface area contributed by atoms with Crippen LogP contribution in [0.1, 0.15) is 11.1 Å². The molecule has 1 amide bonds. The predicted octanol–water partition coefficient (Wildman–Crippen LogP) is 1.95. The van der Waals surface area contributed by atoms with Crippen molar-refractivity contribution in [3.8, 4) is 17.0 Å². The highest BCUT2D eigenvalue weighted by Crippen LogP contribution is 2.27. The lowest BCUT2D eigenvalue weighted by molar-refractivity contribution is -0.123. The zero-order chi connectivity index (χ0) is 20.1. The third-order valence-electron chi connectivity index (χ3n) is 4.93. The Labute approximate surface area is 169 Å². The number of carbonyl (C=O) groups excluding carboxylic acids is 1. The first-order valence-electron chi connectivity index (χ1n) is 9.65. The first-order chi connectivity index (χ1) is 14.2. The molecular weight excluding hydrogens is 368 g/mol. The average molecular weight is 392 g/mol. The Morgan fingerprint density at radius 3 is 2.59 bits per heavy atom. The highest BCUT2D eigenvalue weighted by Gasteiger charge is 2.21. The zero-order valence-electron chi connectivity index (χ0n) is 16.0. The lowest BCUT2D eigenvalue weighted by Crippen LogP contribution is -2.40. The number of nitrogens with zero attached hydrogens (tertiary/aromatic N) is 2. The number of aliphatic hydroxyl groups is 1. The molecule has 2 aromatic carbocycles. The highest BCUT2D eigenvalue weighted by molar-refractivity contribution is 5.78. The number of hydrogen-bond acceptors (Lipinski definition) is 5. The molecule has 1 aromatic heterocycles. The Kier molecular flexibility index (Phi) is 5.88. The minimum absolute atomic E-state index is 0.122. The Bertz CT molecular complexity index is 933. The van der Waals surface area contributed by atoms with Crippen molar-refractivity contribution in [3.63, 3.8) is 0 Å². The lowest BCUT2D eigenvalue weighted by atomic mass is 10.1. The Morgan fingerprint density at radius 1 is 1.14 bits per heavy atom. The van der Waals surface area contributed by atoms with E-state index in [-0.39, 0.29) is 19.1 Å². The fourth-order valence-electron chi connectivity index (χ4n) is 3.54. The van der Waals surface area contributed by atoms with E-state index < -0.39 is 6.10 Å². The third kappa shape index (κ3) is 4.82. The second-order valence-corrected chi connectivity index (χ2v) is 7.14. The molecule has 0 spiro atoms. The molecule has 0 saturated heterocycles. The standard InChI is InChI=1S/C22H24N4O3/c27-18(14-26-12-16-5-1-2-6-17(16)13-26)11-23-22(28)15-29-21-8-4-3-7-19(21)20-9-10-24-25-20/h1-10,18,27H,11-15H2,(H,23,28)(H,24,25). The number of aliphatic hydroxyl groups excluding tert-OH is 1. The summed E-state index contributed by atoms with van der Waals surface area (Å²) in [5.74, 6) is 0.315. The van der Waals surface area contributed by atoms with Gasteiger partial charge in [-0.1, -0.05) is 36.4 Å². The normalized spacial score (nSPS) is 14.4. The maximum absolute atomic E-state index is 12.2. The van der Waals surface area contributed by atoms with Crippen LogP contribution in [0.4, 0.5) is 0 Å². The van der Waals surface area contributed by atoms with Crippen molar-refractivity contribution in [2.75, 3.05) is 19.7 Å². The molecule has 4 rings (SSSR count). The summed E-state index contributed by atoms with van der Waals surface area (Å²) in [6, 6.07) is 17.6. The molecule has 3 aromatic rings. The maximum Gasteiger partial charge on any atom is 0.258 e. The van der Waals surface area contributed by atoms with Gasteiger partial charge in [0.1, 0.15) is 5.75 Å². The summed E-state index contributed by atoms with van der Waals surface area (Å²) < 4.78 is 5.67. The summed E-state index contributed by atoms with van der Waals surface area (Å²) >= 11 is 0. The van der Waals surface area contributed by atoms with Crippen molar-refractivity contribution in [1.29, 1.82) is 0 Å². The summed E-state index contributed by atoms with van der Waals surface area (Å²) in [5, 5.41) is 19.9. The van der Waals surface area contributed by atoms with Gasteiger partial charge in [0.2, 0.25) is 0 Å². The van der Waals surface area contributed by atoms with E-state index in [0.29, 0.717) is 12.3 Å². The molecule has 2 heterocycles. The summed E-state index contributed by atoms with van der Waals surface area (Å²) in [4.78, 5) is 14.3. The van der Waals surface area contributed by atoms with Crippen molar-refractivity contribution < 1.29 is 14.6 Å². The molecule has 0 saturated carbocycles. The molecule has 0 bridgehead atoms. The van der Waals surface area contributed by atoms with Crippen LogP contribution in [0.15, 0.2) is 60.8 Å². The molecular formula is C22H24N4O3. The van der Waals surface area contributed by atoms with Crippen molar-refractivity contribution in [1.82, 2.24) is 20.4 Å². The molecule has 1 aliphatic heterocycles. The van der Waals surface area contributed by atoms with Crippen molar-refractivity contribution in [2.24, 2.45) is 0 Å². The smallest absolute Gasteiger partial charge is 0.258 e. The lowest BCUT2D eigenvalue weighted by Gasteiger charge is -2.20. The number of benzene rings is 2. The molecule has 1 unspecified atom stereocenters. The van der Waals surface area contributed by atoms with Crippen LogP contribution in [0.5, 0.6) is 5.75 Å². The topological polar surface area (TPSA) is 90.5 Å². The van der Waals surface area contributed by atoms with Crippen LogP contribution in [0, 0.1) is 0 Å². The Balaban J connectivity index is 1.22. The van der Waals surface area contributed by atoms with Gasteiger partial charge in [-0.3, -0.25) is 14.8 Å². The quantitative estimate of drug-likeness (QED) is 0.545. The van der Waals surface area contributed by atoms with Crippen LogP contribution in [0.3, 0.4) is 0 Å². The SMILES string of the molecule is O=C(COc1ccccc1-c1cc[nH]n1)NCC(O)CN1Cc2ccccc2C1. The molecule has 0 radical (unpaired) electrons. The predicted molar refractivity (Wildman–Crippen MR) is 109 cm³/mol. The van der Waals surface area contributed by atoms with Gasteiger partial charge in [0.05, 0.1) is 11.8 Å². The van der Waals surface area contributed by atoms with Crippen LogP contribution in [-0.4, -0.2) is 51.9 Å². The van der Waals surface area contributed by atoms with E-state index in [9.17, 15) is 9.90 Å². The number of para-hydroxylation sites is 1. The summed E-state index contributed by atoms with van der Waals surface area (Å²) in [5.41, 5.74) is 4.17. The van der Waals surface area contributed by atoms with E-state index in [1.807, 2.05) is 36.4 Å². The molecule has 7 nitrogen and oxygen atoms in total. The van der Waals surface area contributed by atoms with Crippen LogP contribution >= 0.6 is 0 Å². The Hall–Kier alpha value is -3.16. The first kappa shape index (κ1) is 19.2. The van der Waals surface area contributed by atoms with Crippen LogP contribution in [0.25, 0.3) is 11.3 Å². The summed E-state index contributed by atoms with van der Waals surface area (Å²) in [7, 11) is 0. The van der Waals surface area contributed by atoms with Gasteiger partial charge in [-0.25, -0.2) is 0 Å². The minimum atomic E-state index is -0.635. The fourth-order valence-corrected chi connectivity index (χ4v) is 3.54.